The summed E-state index contributed by atoms with van der Waals surface area (Å²) in [5, 5.41) is 0. The van der Waals surface area contributed by atoms with E-state index in [9.17, 15) is 4.79 Å². The average Bonchev–Trinajstić information content (AvgIpc) is 2.48. The average molecular weight is 243 g/mol. The Morgan fingerprint density at radius 1 is 1.77 bits per heavy atom. The minimum Gasteiger partial charge on any atom is -0.323 e. The maximum Gasteiger partial charge on any atom is 0.152 e. The van der Waals surface area contributed by atoms with Crippen molar-refractivity contribution in [2.45, 2.75) is 32.2 Å². The van der Waals surface area contributed by atoms with E-state index in [-0.39, 0.29) is 11.8 Å². The molecule has 0 saturated carbocycles. The van der Waals surface area contributed by atoms with Crippen LogP contribution in [0.2, 0.25) is 0 Å². The summed E-state index contributed by atoms with van der Waals surface area (Å²) < 4.78 is 2.88. The van der Waals surface area contributed by atoms with Crippen LogP contribution in [0.15, 0.2) is 10.9 Å². The van der Waals surface area contributed by atoms with Gasteiger partial charge in [0.25, 0.3) is 0 Å². The lowest BCUT2D eigenvalue weighted by molar-refractivity contribution is -0.120. The van der Waals surface area contributed by atoms with E-state index in [1.807, 2.05) is 4.57 Å². The summed E-state index contributed by atoms with van der Waals surface area (Å²) in [6.07, 6.45) is 4.80. The van der Waals surface area contributed by atoms with Crippen LogP contribution >= 0.6 is 15.9 Å². The first-order chi connectivity index (χ1) is 6.20. The van der Waals surface area contributed by atoms with Gasteiger partial charge in [0.2, 0.25) is 0 Å². The zero-order chi connectivity index (χ0) is 9.42. The molecule has 70 valence electrons. The van der Waals surface area contributed by atoms with Gasteiger partial charge in [-0.2, -0.15) is 0 Å². The number of imidazole rings is 1. The maximum absolute atomic E-state index is 11.3. The standard InChI is InChI=1S/C9H11BrN2O/c1-6(13)7-3-2-4-8-9(10)11-5-12(7)8/h5,7H,2-4H2,1H3. The SMILES string of the molecule is CC(=O)C1CCCc2c(Br)ncn21. The van der Waals surface area contributed by atoms with Crippen LogP contribution in [0, 0.1) is 0 Å². The summed E-state index contributed by atoms with van der Waals surface area (Å²) >= 11 is 3.39. The predicted octanol–water partition coefficient (Wildman–Crippen LogP) is 2.11. The molecule has 0 saturated heterocycles. The van der Waals surface area contributed by atoms with Crippen molar-refractivity contribution in [2.75, 3.05) is 0 Å². The molecule has 4 heteroatoms. The fourth-order valence-electron chi connectivity index (χ4n) is 1.87. The molecule has 1 aromatic rings. The van der Waals surface area contributed by atoms with Crippen LogP contribution in [0.1, 0.15) is 31.5 Å². The molecular formula is C9H11BrN2O. The Morgan fingerprint density at radius 3 is 3.23 bits per heavy atom. The van der Waals surface area contributed by atoms with Gasteiger partial charge in [0.1, 0.15) is 4.60 Å². The van der Waals surface area contributed by atoms with E-state index in [2.05, 4.69) is 20.9 Å². The zero-order valence-electron chi connectivity index (χ0n) is 7.46. The maximum atomic E-state index is 11.3. The predicted molar refractivity (Wildman–Crippen MR) is 52.6 cm³/mol. The molecule has 13 heavy (non-hydrogen) atoms. The molecule has 2 heterocycles. The van der Waals surface area contributed by atoms with Crippen LogP contribution in [-0.2, 0) is 11.2 Å². The minimum atomic E-state index is 0.0162. The molecule has 3 nitrogen and oxygen atoms in total. The van der Waals surface area contributed by atoms with Crippen LogP contribution in [0.25, 0.3) is 0 Å². The van der Waals surface area contributed by atoms with Gasteiger partial charge in [-0.05, 0) is 42.1 Å². The van der Waals surface area contributed by atoms with Crippen molar-refractivity contribution in [3.8, 4) is 0 Å². The van der Waals surface area contributed by atoms with Gasteiger partial charge in [-0.15, -0.1) is 0 Å². The van der Waals surface area contributed by atoms with Gasteiger partial charge in [0.05, 0.1) is 18.1 Å². The Labute approximate surface area is 85.3 Å². The second-order valence-electron chi connectivity index (χ2n) is 3.41. The van der Waals surface area contributed by atoms with E-state index >= 15 is 0 Å². The van der Waals surface area contributed by atoms with Crippen molar-refractivity contribution < 1.29 is 4.79 Å². The third kappa shape index (κ3) is 1.43. The van der Waals surface area contributed by atoms with Gasteiger partial charge in [-0.1, -0.05) is 0 Å². The lowest BCUT2D eigenvalue weighted by atomic mass is 10.0. The molecule has 2 rings (SSSR count). The van der Waals surface area contributed by atoms with E-state index in [4.69, 9.17) is 0 Å². The molecule has 0 aliphatic carbocycles. The highest BCUT2D eigenvalue weighted by Crippen LogP contribution is 2.29. The normalized spacial score (nSPS) is 21.2. The van der Waals surface area contributed by atoms with Gasteiger partial charge in [0, 0.05) is 0 Å². The van der Waals surface area contributed by atoms with E-state index in [0.717, 1.165) is 29.6 Å². The molecule has 1 aromatic heterocycles. The first-order valence-corrected chi connectivity index (χ1v) is 5.21. The molecule has 0 N–H and O–H groups in total. The van der Waals surface area contributed by atoms with Gasteiger partial charge >= 0.3 is 0 Å². The number of aromatic nitrogens is 2. The summed E-state index contributed by atoms with van der Waals surface area (Å²) in [6.45, 7) is 1.65. The number of carbonyl (C=O) groups excluding carboxylic acids is 1. The molecule has 1 unspecified atom stereocenters. The number of Topliss-reactive ketones (excluding diaryl/α,β-unsaturated/α-hetero) is 1. The van der Waals surface area contributed by atoms with Gasteiger partial charge < -0.3 is 4.57 Å². The molecule has 0 radical (unpaired) electrons. The van der Waals surface area contributed by atoms with E-state index in [0.29, 0.717) is 0 Å². The van der Waals surface area contributed by atoms with Gasteiger partial charge in [0.15, 0.2) is 5.78 Å². The smallest absolute Gasteiger partial charge is 0.152 e. The second-order valence-corrected chi connectivity index (χ2v) is 4.16. The van der Waals surface area contributed by atoms with E-state index in [1.165, 1.54) is 0 Å². The van der Waals surface area contributed by atoms with Crippen molar-refractivity contribution in [2.24, 2.45) is 0 Å². The van der Waals surface area contributed by atoms with Crippen molar-refractivity contribution in [3.63, 3.8) is 0 Å². The zero-order valence-corrected chi connectivity index (χ0v) is 9.04. The van der Waals surface area contributed by atoms with E-state index < -0.39 is 0 Å². The van der Waals surface area contributed by atoms with Crippen molar-refractivity contribution in [3.05, 3.63) is 16.6 Å². The Kier molecular flexibility index (Phi) is 2.24. The highest BCUT2D eigenvalue weighted by atomic mass is 79.9. The van der Waals surface area contributed by atoms with Crippen molar-refractivity contribution in [1.29, 1.82) is 0 Å². The topological polar surface area (TPSA) is 34.9 Å². The Bertz CT molecular complexity index is 345. The molecule has 0 fully saturated rings. The number of ketones is 1. The summed E-state index contributed by atoms with van der Waals surface area (Å²) in [5.74, 6) is 0.228. The largest absolute Gasteiger partial charge is 0.323 e. The lowest BCUT2D eigenvalue weighted by Crippen LogP contribution is -2.22. The second kappa shape index (κ2) is 3.25. The molecule has 0 amide bonds. The highest BCUT2D eigenvalue weighted by molar-refractivity contribution is 9.10. The van der Waals surface area contributed by atoms with Crippen molar-refractivity contribution in [1.82, 2.24) is 9.55 Å². The third-order valence-electron chi connectivity index (χ3n) is 2.54. The quantitative estimate of drug-likeness (QED) is 0.757. The summed E-state index contributed by atoms with van der Waals surface area (Å²) in [4.78, 5) is 15.5. The summed E-state index contributed by atoms with van der Waals surface area (Å²) in [5.41, 5.74) is 1.16. The van der Waals surface area contributed by atoms with Crippen LogP contribution < -0.4 is 0 Å². The molecule has 0 bridgehead atoms. The number of nitrogens with zero attached hydrogens (tertiary/aromatic N) is 2. The van der Waals surface area contributed by atoms with Crippen molar-refractivity contribution >= 4 is 21.7 Å². The number of hydrogen-bond donors (Lipinski definition) is 0. The van der Waals surface area contributed by atoms with Crippen LogP contribution in [0.5, 0.6) is 0 Å². The first-order valence-electron chi connectivity index (χ1n) is 4.42. The molecule has 0 spiro atoms. The molecule has 1 atom stereocenters. The van der Waals surface area contributed by atoms with Gasteiger partial charge in [-0.3, -0.25) is 4.79 Å². The number of halogens is 1. The number of fused-ring (bicyclic) bond motifs is 1. The molecule has 1 aliphatic rings. The Balaban J connectivity index is 2.43. The monoisotopic (exact) mass is 242 g/mol. The summed E-state index contributed by atoms with van der Waals surface area (Å²) in [7, 11) is 0. The Morgan fingerprint density at radius 2 is 2.54 bits per heavy atom. The summed E-state index contributed by atoms with van der Waals surface area (Å²) in [6, 6.07) is 0.0162. The number of hydrogen-bond acceptors (Lipinski definition) is 2. The molecular weight excluding hydrogens is 232 g/mol. The van der Waals surface area contributed by atoms with Crippen LogP contribution in [0.4, 0.5) is 0 Å². The highest BCUT2D eigenvalue weighted by Gasteiger charge is 2.24. The van der Waals surface area contributed by atoms with Crippen LogP contribution in [0.3, 0.4) is 0 Å². The van der Waals surface area contributed by atoms with E-state index in [1.54, 1.807) is 13.3 Å². The van der Waals surface area contributed by atoms with Gasteiger partial charge in [-0.25, -0.2) is 4.98 Å². The number of rotatable bonds is 1. The first kappa shape index (κ1) is 8.94. The fourth-order valence-corrected chi connectivity index (χ4v) is 2.36. The molecule has 1 aliphatic heterocycles. The van der Waals surface area contributed by atoms with Crippen LogP contribution in [-0.4, -0.2) is 15.3 Å². The number of carbonyl (C=O) groups is 1. The Hall–Kier alpha value is -0.640. The lowest BCUT2D eigenvalue weighted by Gasteiger charge is -2.23. The molecule has 0 aromatic carbocycles. The minimum absolute atomic E-state index is 0.0162. The fraction of sp³-hybridized carbons (Fsp3) is 0.556. The third-order valence-corrected chi connectivity index (χ3v) is 3.20.